The zero-order chi connectivity index (χ0) is 20.4. The van der Waals surface area contributed by atoms with Crippen LogP contribution in [0.5, 0.6) is 0 Å². The van der Waals surface area contributed by atoms with Crippen molar-refractivity contribution in [3.05, 3.63) is 35.9 Å². The number of hydrogen-bond donors (Lipinski definition) is 1. The van der Waals surface area contributed by atoms with Crippen molar-refractivity contribution >= 4 is 35.9 Å². The van der Waals surface area contributed by atoms with Crippen LogP contribution in [-0.2, 0) is 9.53 Å². The Morgan fingerprint density at radius 1 is 1.21 bits per heavy atom. The van der Waals surface area contributed by atoms with E-state index in [0.29, 0.717) is 6.54 Å². The fraction of sp³-hybridized carbons (Fsp3) is 0.636. The molecule has 1 aromatic carbocycles. The number of aliphatic imine (C=N–C) groups is 1. The van der Waals surface area contributed by atoms with E-state index >= 15 is 0 Å². The Balaban J connectivity index is 0.00000420. The molecule has 1 aliphatic heterocycles. The molecule has 1 heterocycles. The number of hydrogen-bond acceptors (Lipinski definition) is 4. The maximum absolute atomic E-state index is 11.8. The SMILES string of the molecule is CCNC(=NCC(c1ccccc1)N(CC)CC)N1CCC(C(=O)OC)CC1.I. The molecule has 0 radical (unpaired) electrons. The number of likely N-dealkylation sites (N-methyl/N-ethyl adjacent to an activating group) is 1. The molecule has 164 valence electrons. The van der Waals surface area contributed by atoms with E-state index in [1.165, 1.54) is 12.7 Å². The van der Waals surface area contributed by atoms with Crippen LogP contribution in [-0.4, -0.2) is 68.1 Å². The second-order valence-electron chi connectivity index (χ2n) is 7.13. The van der Waals surface area contributed by atoms with Crippen molar-refractivity contribution < 1.29 is 9.53 Å². The quantitative estimate of drug-likeness (QED) is 0.248. The van der Waals surface area contributed by atoms with Gasteiger partial charge >= 0.3 is 5.97 Å². The minimum Gasteiger partial charge on any atom is -0.469 e. The molecule has 0 amide bonds. The Kier molecular flexibility index (Phi) is 12.2. The van der Waals surface area contributed by atoms with Crippen LogP contribution in [0.1, 0.15) is 45.2 Å². The topological polar surface area (TPSA) is 57.2 Å². The summed E-state index contributed by atoms with van der Waals surface area (Å²) in [7, 11) is 1.47. The zero-order valence-electron chi connectivity index (χ0n) is 18.3. The summed E-state index contributed by atoms with van der Waals surface area (Å²) in [6.07, 6.45) is 1.63. The van der Waals surface area contributed by atoms with Crippen LogP contribution in [0.4, 0.5) is 0 Å². The summed E-state index contributed by atoms with van der Waals surface area (Å²) < 4.78 is 4.90. The fourth-order valence-corrected chi connectivity index (χ4v) is 3.86. The van der Waals surface area contributed by atoms with Gasteiger partial charge in [-0.05, 0) is 38.4 Å². The van der Waals surface area contributed by atoms with Gasteiger partial charge in [0.25, 0.3) is 0 Å². The molecule has 0 saturated carbocycles. The van der Waals surface area contributed by atoms with Gasteiger partial charge < -0.3 is 15.0 Å². The third-order valence-electron chi connectivity index (χ3n) is 5.52. The molecule has 1 aromatic rings. The molecule has 1 aliphatic rings. The summed E-state index contributed by atoms with van der Waals surface area (Å²) >= 11 is 0. The molecule has 6 nitrogen and oxygen atoms in total. The van der Waals surface area contributed by atoms with Gasteiger partial charge in [0, 0.05) is 19.6 Å². The van der Waals surface area contributed by atoms with Gasteiger partial charge in [0.15, 0.2) is 5.96 Å². The van der Waals surface area contributed by atoms with Crippen molar-refractivity contribution in [1.29, 1.82) is 0 Å². The Hall–Kier alpha value is -1.35. The molecule has 1 saturated heterocycles. The van der Waals surface area contributed by atoms with E-state index in [9.17, 15) is 4.79 Å². The van der Waals surface area contributed by atoms with Crippen molar-refractivity contribution in [3.63, 3.8) is 0 Å². The number of piperidine rings is 1. The highest BCUT2D eigenvalue weighted by Crippen LogP contribution is 2.22. The monoisotopic (exact) mass is 516 g/mol. The minimum absolute atomic E-state index is 0. The molecule has 0 spiro atoms. The Labute approximate surface area is 193 Å². The Morgan fingerprint density at radius 2 is 1.83 bits per heavy atom. The van der Waals surface area contributed by atoms with Gasteiger partial charge in [0.1, 0.15) is 0 Å². The van der Waals surface area contributed by atoms with Crippen molar-refractivity contribution in [2.24, 2.45) is 10.9 Å². The molecule has 2 rings (SSSR count). The number of rotatable bonds is 8. The maximum atomic E-state index is 11.8. The predicted molar refractivity (Wildman–Crippen MR) is 130 cm³/mol. The van der Waals surface area contributed by atoms with Crippen molar-refractivity contribution in [2.45, 2.75) is 39.7 Å². The van der Waals surface area contributed by atoms with Crippen LogP contribution in [0.2, 0.25) is 0 Å². The average molecular weight is 516 g/mol. The predicted octanol–water partition coefficient (Wildman–Crippen LogP) is 3.54. The van der Waals surface area contributed by atoms with Gasteiger partial charge in [-0.25, -0.2) is 0 Å². The van der Waals surface area contributed by atoms with E-state index in [4.69, 9.17) is 9.73 Å². The van der Waals surface area contributed by atoms with E-state index in [0.717, 1.165) is 51.5 Å². The van der Waals surface area contributed by atoms with Gasteiger partial charge in [-0.2, -0.15) is 0 Å². The summed E-state index contributed by atoms with van der Waals surface area (Å²) in [5.41, 5.74) is 1.30. The van der Waals surface area contributed by atoms with E-state index < -0.39 is 0 Å². The summed E-state index contributed by atoms with van der Waals surface area (Å²) in [5, 5.41) is 3.43. The molecule has 0 aliphatic carbocycles. The standard InChI is InChI=1S/C22H36N4O2.HI/c1-5-23-22(26-15-13-19(14-16-26)21(27)28-4)24-17-20(25(6-2)7-3)18-11-9-8-10-12-18;/h8-12,19-20H,5-7,13-17H2,1-4H3,(H,23,24);1H. The number of benzene rings is 1. The lowest BCUT2D eigenvalue weighted by Gasteiger charge is -2.34. The lowest BCUT2D eigenvalue weighted by molar-refractivity contribution is -0.146. The van der Waals surface area contributed by atoms with Crippen molar-refractivity contribution in [1.82, 2.24) is 15.1 Å². The first kappa shape index (κ1) is 25.7. The maximum Gasteiger partial charge on any atom is 0.308 e. The number of nitrogens with zero attached hydrogens (tertiary/aromatic N) is 3. The van der Waals surface area contributed by atoms with Crippen LogP contribution in [0, 0.1) is 5.92 Å². The summed E-state index contributed by atoms with van der Waals surface area (Å²) in [5.74, 6) is 0.864. The van der Waals surface area contributed by atoms with Crippen LogP contribution in [0.25, 0.3) is 0 Å². The molecule has 1 atom stereocenters. The number of guanidine groups is 1. The van der Waals surface area contributed by atoms with Gasteiger partial charge in [0.05, 0.1) is 25.6 Å². The molecule has 1 fully saturated rings. The molecule has 1 N–H and O–H groups in total. The van der Waals surface area contributed by atoms with Gasteiger partial charge in [-0.15, -0.1) is 24.0 Å². The molecule has 1 unspecified atom stereocenters. The van der Waals surface area contributed by atoms with Crippen LogP contribution >= 0.6 is 24.0 Å². The lowest BCUT2D eigenvalue weighted by atomic mass is 9.97. The molecule has 29 heavy (non-hydrogen) atoms. The van der Waals surface area contributed by atoms with E-state index in [2.05, 4.69) is 66.2 Å². The van der Waals surface area contributed by atoms with Crippen LogP contribution < -0.4 is 5.32 Å². The number of nitrogens with one attached hydrogen (secondary N) is 1. The molecule has 0 bridgehead atoms. The second-order valence-corrected chi connectivity index (χ2v) is 7.13. The first-order valence-corrected chi connectivity index (χ1v) is 10.5. The van der Waals surface area contributed by atoms with E-state index in [1.807, 2.05) is 0 Å². The summed E-state index contributed by atoms with van der Waals surface area (Å²) in [6, 6.07) is 10.9. The number of esters is 1. The lowest BCUT2D eigenvalue weighted by Crippen LogP contribution is -2.47. The summed E-state index contributed by atoms with van der Waals surface area (Å²) in [4.78, 5) is 21.5. The number of carbonyl (C=O) groups excluding carboxylic acids is 1. The minimum atomic E-state index is -0.0905. The molecule has 0 aromatic heterocycles. The first-order valence-electron chi connectivity index (χ1n) is 10.5. The van der Waals surface area contributed by atoms with Gasteiger partial charge in [-0.3, -0.25) is 14.7 Å². The Bertz CT molecular complexity index is 614. The normalized spacial score (nSPS) is 16.3. The van der Waals surface area contributed by atoms with E-state index in [1.54, 1.807) is 0 Å². The number of methoxy groups -OCH3 is 1. The smallest absolute Gasteiger partial charge is 0.308 e. The van der Waals surface area contributed by atoms with Crippen LogP contribution in [0.3, 0.4) is 0 Å². The number of ether oxygens (including phenoxy) is 1. The molecular formula is C22H37IN4O2. The Morgan fingerprint density at radius 3 is 2.34 bits per heavy atom. The first-order chi connectivity index (χ1) is 13.6. The van der Waals surface area contributed by atoms with Gasteiger partial charge in [-0.1, -0.05) is 44.2 Å². The highest BCUT2D eigenvalue weighted by atomic mass is 127. The number of halogens is 1. The van der Waals surface area contributed by atoms with E-state index in [-0.39, 0.29) is 41.9 Å². The molecule has 7 heteroatoms. The molecular weight excluding hydrogens is 479 g/mol. The summed E-state index contributed by atoms with van der Waals surface area (Å²) in [6.45, 7) is 11.7. The third-order valence-corrected chi connectivity index (χ3v) is 5.52. The largest absolute Gasteiger partial charge is 0.469 e. The second kappa shape index (κ2) is 13.8. The average Bonchev–Trinajstić information content (AvgIpc) is 2.76. The zero-order valence-corrected chi connectivity index (χ0v) is 20.6. The van der Waals surface area contributed by atoms with Crippen LogP contribution in [0.15, 0.2) is 35.3 Å². The highest BCUT2D eigenvalue weighted by molar-refractivity contribution is 14.0. The highest BCUT2D eigenvalue weighted by Gasteiger charge is 2.27. The van der Waals surface area contributed by atoms with Crippen molar-refractivity contribution in [2.75, 3.05) is 46.4 Å². The van der Waals surface area contributed by atoms with Crippen molar-refractivity contribution in [3.8, 4) is 0 Å². The third kappa shape index (κ3) is 7.44. The number of likely N-dealkylation sites (tertiary alicyclic amines) is 1. The number of carbonyl (C=O) groups is 1. The fourth-order valence-electron chi connectivity index (χ4n) is 3.86. The van der Waals surface area contributed by atoms with Gasteiger partial charge in [0.2, 0.25) is 0 Å².